The van der Waals surface area contributed by atoms with Crippen LogP contribution in [0.4, 0.5) is 10.1 Å². The Labute approximate surface area is 109 Å². The van der Waals surface area contributed by atoms with Gasteiger partial charge in [0, 0.05) is 5.56 Å². The van der Waals surface area contributed by atoms with Crippen LogP contribution in [0, 0.1) is 5.82 Å². The number of ether oxygens (including phenoxy) is 1. The number of para-hydroxylation sites is 1. The van der Waals surface area contributed by atoms with E-state index >= 15 is 0 Å². The number of nitrogens with one attached hydrogen (secondary N) is 1. The number of nitrogens with zero attached hydrogens (tertiary/aromatic N) is 1. The minimum Gasteiger partial charge on any atom is -0.495 e. The van der Waals surface area contributed by atoms with E-state index in [0.29, 0.717) is 28.3 Å². The van der Waals surface area contributed by atoms with E-state index in [1.807, 2.05) is 6.07 Å². The molecule has 96 valence electrons. The van der Waals surface area contributed by atoms with Gasteiger partial charge in [0.1, 0.15) is 17.1 Å². The summed E-state index contributed by atoms with van der Waals surface area (Å²) in [4.78, 5) is 7.32. The molecule has 19 heavy (non-hydrogen) atoms. The minimum atomic E-state index is -0.346. The Morgan fingerprint density at radius 3 is 2.79 bits per heavy atom. The molecule has 1 heterocycles. The second-order valence-electron chi connectivity index (χ2n) is 4.18. The molecule has 3 N–H and O–H groups in total. The van der Waals surface area contributed by atoms with Gasteiger partial charge < -0.3 is 15.5 Å². The Kier molecular flexibility index (Phi) is 2.59. The van der Waals surface area contributed by atoms with Gasteiger partial charge in [-0.3, -0.25) is 0 Å². The van der Waals surface area contributed by atoms with Gasteiger partial charge >= 0.3 is 0 Å². The summed E-state index contributed by atoms with van der Waals surface area (Å²) >= 11 is 0. The molecular weight excluding hydrogens is 245 g/mol. The zero-order valence-corrected chi connectivity index (χ0v) is 10.3. The molecule has 0 atom stereocenters. The van der Waals surface area contributed by atoms with Crippen molar-refractivity contribution >= 4 is 16.7 Å². The Morgan fingerprint density at radius 1 is 1.26 bits per heavy atom. The van der Waals surface area contributed by atoms with Gasteiger partial charge in [-0.2, -0.15) is 0 Å². The number of aromatic amines is 1. The first kappa shape index (κ1) is 11.5. The molecule has 4 nitrogen and oxygen atoms in total. The van der Waals surface area contributed by atoms with Crippen LogP contribution >= 0.6 is 0 Å². The molecule has 0 aliphatic carbocycles. The second-order valence-corrected chi connectivity index (χ2v) is 4.18. The number of fused-ring (bicyclic) bond motifs is 1. The predicted molar refractivity (Wildman–Crippen MR) is 72.5 cm³/mol. The first-order chi connectivity index (χ1) is 9.19. The Balaban J connectivity index is 2.14. The molecular formula is C14H12FN3O. The zero-order chi connectivity index (χ0) is 13.4. The summed E-state index contributed by atoms with van der Waals surface area (Å²) in [7, 11) is 1.56. The SMILES string of the molecule is COc1ccc(-c2nc3c(F)cccc3[nH]2)cc1N. The van der Waals surface area contributed by atoms with Crippen LogP contribution < -0.4 is 10.5 Å². The van der Waals surface area contributed by atoms with Gasteiger partial charge in [-0.15, -0.1) is 0 Å². The topological polar surface area (TPSA) is 63.9 Å². The van der Waals surface area contributed by atoms with Gasteiger partial charge in [0.25, 0.3) is 0 Å². The second kappa shape index (κ2) is 4.28. The van der Waals surface area contributed by atoms with Gasteiger partial charge in [0.05, 0.1) is 18.3 Å². The Hall–Kier alpha value is -2.56. The number of H-pyrrole nitrogens is 1. The number of aromatic nitrogens is 2. The number of methoxy groups -OCH3 is 1. The van der Waals surface area contributed by atoms with Crippen molar-refractivity contribution in [1.29, 1.82) is 0 Å². The number of halogens is 1. The highest BCUT2D eigenvalue weighted by Gasteiger charge is 2.10. The maximum atomic E-state index is 13.6. The summed E-state index contributed by atoms with van der Waals surface area (Å²) < 4.78 is 18.7. The van der Waals surface area contributed by atoms with Crippen LogP contribution in [-0.4, -0.2) is 17.1 Å². The molecule has 2 aromatic carbocycles. The fourth-order valence-electron chi connectivity index (χ4n) is 2.02. The molecule has 3 rings (SSSR count). The normalized spacial score (nSPS) is 10.8. The summed E-state index contributed by atoms with van der Waals surface area (Å²) in [5, 5.41) is 0. The van der Waals surface area contributed by atoms with Gasteiger partial charge in [0.15, 0.2) is 5.82 Å². The van der Waals surface area contributed by atoms with Crippen LogP contribution in [-0.2, 0) is 0 Å². The summed E-state index contributed by atoms with van der Waals surface area (Å²) in [5.41, 5.74) is 8.14. The lowest BCUT2D eigenvalue weighted by Gasteiger charge is -2.05. The van der Waals surface area contributed by atoms with E-state index < -0.39 is 0 Å². The van der Waals surface area contributed by atoms with Gasteiger partial charge in [-0.25, -0.2) is 9.37 Å². The molecule has 0 bridgehead atoms. The van der Waals surface area contributed by atoms with E-state index in [9.17, 15) is 4.39 Å². The summed E-state index contributed by atoms with van der Waals surface area (Å²) in [6.07, 6.45) is 0. The molecule has 0 saturated heterocycles. The smallest absolute Gasteiger partial charge is 0.151 e. The highest BCUT2D eigenvalue weighted by molar-refractivity contribution is 5.80. The van der Waals surface area contributed by atoms with Crippen LogP contribution in [0.1, 0.15) is 0 Å². The van der Waals surface area contributed by atoms with E-state index in [0.717, 1.165) is 5.56 Å². The third-order valence-electron chi connectivity index (χ3n) is 2.97. The average Bonchev–Trinajstić information content (AvgIpc) is 2.84. The predicted octanol–water partition coefficient (Wildman–Crippen LogP) is 2.96. The molecule has 0 amide bonds. The third kappa shape index (κ3) is 1.89. The fourth-order valence-corrected chi connectivity index (χ4v) is 2.02. The van der Waals surface area contributed by atoms with Crippen molar-refractivity contribution in [2.24, 2.45) is 0 Å². The summed E-state index contributed by atoms with van der Waals surface area (Å²) in [6.45, 7) is 0. The van der Waals surface area contributed by atoms with Crippen LogP contribution in [0.2, 0.25) is 0 Å². The monoisotopic (exact) mass is 257 g/mol. The van der Waals surface area contributed by atoms with Gasteiger partial charge in [-0.05, 0) is 30.3 Å². The first-order valence-electron chi connectivity index (χ1n) is 5.77. The zero-order valence-electron chi connectivity index (χ0n) is 10.3. The van der Waals surface area contributed by atoms with Gasteiger partial charge in [0.2, 0.25) is 0 Å². The summed E-state index contributed by atoms with van der Waals surface area (Å²) in [5.74, 6) is 0.835. The minimum absolute atomic E-state index is 0.326. The molecule has 0 aliphatic heterocycles. The van der Waals surface area contributed by atoms with E-state index in [2.05, 4.69) is 9.97 Å². The van der Waals surface area contributed by atoms with Crippen LogP contribution in [0.5, 0.6) is 5.75 Å². The lowest BCUT2D eigenvalue weighted by Crippen LogP contribution is -1.93. The van der Waals surface area contributed by atoms with Crippen LogP contribution in [0.3, 0.4) is 0 Å². The number of benzene rings is 2. The van der Waals surface area contributed by atoms with E-state index in [1.165, 1.54) is 6.07 Å². The van der Waals surface area contributed by atoms with Crippen molar-refractivity contribution in [3.05, 3.63) is 42.2 Å². The quantitative estimate of drug-likeness (QED) is 0.694. The molecule has 0 aliphatic rings. The van der Waals surface area contributed by atoms with Crippen molar-refractivity contribution in [2.75, 3.05) is 12.8 Å². The summed E-state index contributed by atoms with van der Waals surface area (Å²) in [6, 6.07) is 10.1. The number of nitrogen functional groups attached to an aromatic ring is 1. The number of hydrogen-bond donors (Lipinski definition) is 2. The number of rotatable bonds is 2. The van der Waals surface area contributed by atoms with Crippen molar-refractivity contribution in [3.8, 4) is 17.1 Å². The molecule has 5 heteroatoms. The molecule has 0 unspecified atom stereocenters. The molecule has 0 spiro atoms. The van der Waals surface area contributed by atoms with Crippen molar-refractivity contribution < 1.29 is 9.13 Å². The maximum Gasteiger partial charge on any atom is 0.151 e. The third-order valence-corrected chi connectivity index (χ3v) is 2.97. The van der Waals surface area contributed by atoms with E-state index in [-0.39, 0.29) is 5.82 Å². The van der Waals surface area contributed by atoms with Crippen molar-refractivity contribution in [3.63, 3.8) is 0 Å². The average molecular weight is 257 g/mol. The molecule has 0 saturated carbocycles. The maximum absolute atomic E-state index is 13.6. The lowest BCUT2D eigenvalue weighted by atomic mass is 10.2. The molecule has 0 fully saturated rings. The number of hydrogen-bond acceptors (Lipinski definition) is 3. The standard InChI is InChI=1S/C14H12FN3O/c1-19-12-6-5-8(7-10(12)16)14-17-11-4-2-3-9(15)13(11)18-14/h2-7H,16H2,1H3,(H,17,18). The van der Waals surface area contributed by atoms with Crippen molar-refractivity contribution in [1.82, 2.24) is 9.97 Å². The highest BCUT2D eigenvalue weighted by Crippen LogP contribution is 2.28. The number of anilines is 1. The Bertz CT molecular complexity index is 752. The lowest BCUT2D eigenvalue weighted by molar-refractivity contribution is 0.417. The van der Waals surface area contributed by atoms with E-state index in [4.69, 9.17) is 10.5 Å². The highest BCUT2D eigenvalue weighted by atomic mass is 19.1. The Morgan fingerprint density at radius 2 is 2.11 bits per heavy atom. The van der Waals surface area contributed by atoms with Crippen LogP contribution in [0.15, 0.2) is 36.4 Å². The molecule has 3 aromatic rings. The largest absolute Gasteiger partial charge is 0.495 e. The molecule has 0 radical (unpaired) electrons. The van der Waals surface area contributed by atoms with Crippen LogP contribution in [0.25, 0.3) is 22.4 Å². The number of nitrogens with two attached hydrogens (primary N) is 1. The molecule has 1 aromatic heterocycles. The number of imidazole rings is 1. The van der Waals surface area contributed by atoms with E-state index in [1.54, 1.807) is 31.4 Å². The fraction of sp³-hybridized carbons (Fsp3) is 0.0714. The van der Waals surface area contributed by atoms with Gasteiger partial charge in [-0.1, -0.05) is 6.07 Å². The first-order valence-corrected chi connectivity index (χ1v) is 5.77. The van der Waals surface area contributed by atoms with Crippen molar-refractivity contribution in [2.45, 2.75) is 0 Å².